The molecule has 0 aliphatic carbocycles. The van der Waals surface area contributed by atoms with Crippen molar-refractivity contribution < 1.29 is 14.4 Å². The highest BCUT2D eigenvalue weighted by atomic mass is 35.5. The van der Waals surface area contributed by atoms with Crippen LogP contribution in [0.15, 0.2) is 66.7 Å². The highest BCUT2D eigenvalue weighted by Gasteiger charge is 2.08. The molecule has 9 heteroatoms. The monoisotopic (exact) mass is 491 g/mol. The Balaban J connectivity index is 0.00000385. The zero-order valence-electron chi connectivity index (χ0n) is 18.3. The average molecular weight is 492 g/mol. The van der Waals surface area contributed by atoms with Gasteiger partial charge in [-0.2, -0.15) is 0 Å². The number of ether oxygens (including phenoxy) is 2. The summed E-state index contributed by atoms with van der Waals surface area (Å²) in [5.41, 5.74) is 2.92. The number of benzene rings is 3. The van der Waals surface area contributed by atoms with Crippen LogP contribution in [-0.2, 0) is 13.2 Å². The van der Waals surface area contributed by atoms with Crippen molar-refractivity contribution in [1.82, 2.24) is 5.32 Å². The van der Waals surface area contributed by atoms with E-state index < -0.39 is 4.92 Å². The summed E-state index contributed by atoms with van der Waals surface area (Å²) in [6.07, 6.45) is 0. The molecule has 0 spiro atoms. The lowest BCUT2D eigenvalue weighted by atomic mass is 10.2. The Bertz CT molecular complexity index is 1030. The first-order chi connectivity index (χ1) is 15.6. The number of nitrogens with one attached hydrogen (secondary N) is 2. The lowest BCUT2D eigenvalue weighted by Crippen LogP contribution is -2.21. The summed E-state index contributed by atoms with van der Waals surface area (Å²) in [7, 11) is 0. The van der Waals surface area contributed by atoms with Crippen LogP contribution in [0.3, 0.4) is 0 Å². The number of rotatable bonds is 12. The van der Waals surface area contributed by atoms with Crippen molar-refractivity contribution in [2.24, 2.45) is 0 Å². The fourth-order valence-electron chi connectivity index (χ4n) is 3.05. The average Bonchev–Trinajstić information content (AvgIpc) is 2.80. The maximum absolute atomic E-state index is 10.7. The van der Waals surface area contributed by atoms with Gasteiger partial charge in [0.15, 0.2) is 11.5 Å². The van der Waals surface area contributed by atoms with Crippen LogP contribution in [0.5, 0.6) is 11.5 Å². The summed E-state index contributed by atoms with van der Waals surface area (Å²) in [4.78, 5) is 10.3. The smallest absolute Gasteiger partial charge is 0.269 e. The van der Waals surface area contributed by atoms with E-state index in [1.807, 2.05) is 49.4 Å². The van der Waals surface area contributed by atoms with Gasteiger partial charge in [-0.25, -0.2) is 0 Å². The van der Waals surface area contributed by atoms with Crippen molar-refractivity contribution in [3.05, 3.63) is 93.0 Å². The second kappa shape index (κ2) is 13.5. The Morgan fingerprint density at radius 1 is 0.970 bits per heavy atom. The van der Waals surface area contributed by atoms with E-state index >= 15 is 0 Å². The van der Waals surface area contributed by atoms with E-state index in [0.717, 1.165) is 23.4 Å². The van der Waals surface area contributed by atoms with E-state index in [0.29, 0.717) is 42.8 Å². The molecule has 0 unspecified atom stereocenters. The number of hydrogen-bond donors (Lipinski definition) is 2. The quantitative estimate of drug-likeness (QED) is 0.188. The number of non-ortho nitro benzene ring substituents is 1. The Hall–Kier alpha value is -3.00. The molecule has 0 heterocycles. The standard InChI is InChI=1S/C24H26ClN3O4.ClH/c1-2-31-24-15-18(7-12-23(24)32-17-19-5-3-4-6-22(19)25)16-26-13-14-27-20-8-10-21(11-9-20)28(29)30;/h3-12,15,26-27H,2,13-14,16-17H2,1H3;1H. The number of nitro groups is 1. The Labute approximate surface area is 204 Å². The van der Waals surface area contributed by atoms with E-state index in [4.69, 9.17) is 21.1 Å². The Kier molecular flexibility index (Phi) is 10.8. The first kappa shape index (κ1) is 26.3. The molecule has 2 N–H and O–H groups in total. The van der Waals surface area contributed by atoms with Crippen LogP contribution in [0, 0.1) is 10.1 Å². The Morgan fingerprint density at radius 2 is 1.73 bits per heavy atom. The van der Waals surface area contributed by atoms with Gasteiger partial charge in [0.2, 0.25) is 0 Å². The molecule has 0 amide bonds. The third kappa shape index (κ3) is 8.13. The minimum absolute atomic E-state index is 0. The molecule has 3 rings (SSSR count). The van der Waals surface area contributed by atoms with Gasteiger partial charge in [0.05, 0.1) is 11.5 Å². The summed E-state index contributed by atoms with van der Waals surface area (Å²) < 4.78 is 11.7. The Morgan fingerprint density at radius 3 is 2.42 bits per heavy atom. The molecule has 0 aliphatic rings. The van der Waals surface area contributed by atoms with E-state index in [-0.39, 0.29) is 18.1 Å². The summed E-state index contributed by atoms with van der Waals surface area (Å²) >= 11 is 6.21. The SMILES string of the molecule is CCOc1cc(CNCCNc2ccc([N+](=O)[O-])cc2)ccc1OCc1ccccc1Cl.Cl. The molecule has 0 bridgehead atoms. The molecule has 0 atom stereocenters. The molecule has 0 saturated carbocycles. The first-order valence-corrected chi connectivity index (χ1v) is 10.8. The number of hydrogen-bond acceptors (Lipinski definition) is 6. The van der Waals surface area contributed by atoms with Crippen molar-refractivity contribution in [3.8, 4) is 11.5 Å². The van der Waals surface area contributed by atoms with Crippen LogP contribution in [-0.4, -0.2) is 24.6 Å². The van der Waals surface area contributed by atoms with Crippen LogP contribution in [0.4, 0.5) is 11.4 Å². The van der Waals surface area contributed by atoms with Gasteiger partial charge in [0, 0.05) is 48.0 Å². The molecule has 3 aromatic carbocycles. The van der Waals surface area contributed by atoms with E-state index in [1.54, 1.807) is 12.1 Å². The number of anilines is 1. The highest BCUT2D eigenvalue weighted by molar-refractivity contribution is 6.31. The van der Waals surface area contributed by atoms with E-state index in [2.05, 4.69) is 10.6 Å². The molecule has 0 aliphatic heterocycles. The van der Waals surface area contributed by atoms with Gasteiger partial charge in [0.1, 0.15) is 6.61 Å². The van der Waals surface area contributed by atoms with Gasteiger partial charge in [-0.1, -0.05) is 35.9 Å². The van der Waals surface area contributed by atoms with Crippen molar-refractivity contribution in [3.63, 3.8) is 0 Å². The van der Waals surface area contributed by atoms with Gasteiger partial charge in [-0.15, -0.1) is 12.4 Å². The molecule has 0 aromatic heterocycles. The van der Waals surface area contributed by atoms with Crippen molar-refractivity contribution in [2.45, 2.75) is 20.1 Å². The van der Waals surface area contributed by atoms with Crippen LogP contribution in [0.1, 0.15) is 18.1 Å². The largest absolute Gasteiger partial charge is 0.490 e. The number of nitrogens with zero attached hydrogens (tertiary/aromatic N) is 1. The fourth-order valence-corrected chi connectivity index (χ4v) is 3.24. The number of halogens is 2. The van der Waals surface area contributed by atoms with Gasteiger partial charge in [0.25, 0.3) is 5.69 Å². The van der Waals surface area contributed by atoms with E-state index in [9.17, 15) is 10.1 Å². The third-order valence-electron chi connectivity index (χ3n) is 4.69. The van der Waals surface area contributed by atoms with Crippen LogP contribution >= 0.6 is 24.0 Å². The van der Waals surface area contributed by atoms with Crippen molar-refractivity contribution in [1.29, 1.82) is 0 Å². The van der Waals surface area contributed by atoms with Crippen LogP contribution in [0.25, 0.3) is 0 Å². The lowest BCUT2D eigenvalue weighted by molar-refractivity contribution is -0.384. The third-order valence-corrected chi connectivity index (χ3v) is 5.06. The maximum atomic E-state index is 10.7. The lowest BCUT2D eigenvalue weighted by Gasteiger charge is -2.14. The zero-order chi connectivity index (χ0) is 22.8. The molecule has 7 nitrogen and oxygen atoms in total. The summed E-state index contributed by atoms with van der Waals surface area (Å²) in [5, 5.41) is 18.0. The zero-order valence-corrected chi connectivity index (χ0v) is 19.8. The molecular weight excluding hydrogens is 465 g/mol. The summed E-state index contributed by atoms with van der Waals surface area (Å²) in [6, 6.07) is 19.9. The second-order valence-corrected chi connectivity index (χ2v) is 7.41. The van der Waals surface area contributed by atoms with Crippen LogP contribution in [0.2, 0.25) is 5.02 Å². The minimum Gasteiger partial charge on any atom is -0.490 e. The second-order valence-electron chi connectivity index (χ2n) is 7.00. The normalized spacial score (nSPS) is 10.2. The van der Waals surface area contributed by atoms with Gasteiger partial charge in [-0.3, -0.25) is 10.1 Å². The summed E-state index contributed by atoms with van der Waals surface area (Å²) in [6.45, 7) is 4.93. The van der Waals surface area contributed by atoms with Crippen LogP contribution < -0.4 is 20.1 Å². The fraction of sp³-hybridized carbons (Fsp3) is 0.250. The molecule has 176 valence electrons. The number of nitro benzene ring substituents is 1. The first-order valence-electron chi connectivity index (χ1n) is 10.4. The molecule has 0 saturated heterocycles. The molecule has 0 fully saturated rings. The molecular formula is C24H27Cl2N3O4. The maximum Gasteiger partial charge on any atom is 0.269 e. The summed E-state index contributed by atoms with van der Waals surface area (Å²) in [5.74, 6) is 1.37. The predicted octanol–water partition coefficient (Wildman–Crippen LogP) is 5.85. The topological polar surface area (TPSA) is 85.7 Å². The van der Waals surface area contributed by atoms with Crippen molar-refractivity contribution >= 4 is 35.4 Å². The predicted molar refractivity (Wildman–Crippen MR) is 134 cm³/mol. The van der Waals surface area contributed by atoms with Crippen molar-refractivity contribution in [2.75, 3.05) is 25.0 Å². The highest BCUT2D eigenvalue weighted by Crippen LogP contribution is 2.30. The van der Waals surface area contributed by atoms with Gasteiger partial charge in [-0.05, 0) is 42.8 Å². The molecule has 0 radical (unpaired) electrons. The van der Waals surface area contributed by atoms with E-state index in [1.165, 1.54) is 12.1 Å². The van der Waals surface area contributed by atoms with Gasteiger partial charge < -0.3 is 20.1 Å². The molecule has 33 heavy (non-hydrogen) atoms. The van der Waals surface area contributed by atoms with Gasteiger partial charge >= 0.3 is 0 Å². The molecule has 3 aromatic rings. The minimum atomic E-state index is -0.408.